The number of hydrogen-bond donors (Lipinski definition) is 1. The third kappa shape index (κ3) is 1.43. The molecule has 66 valence electrons. The Labute approximate surface area is 76.7 Å². The van der Waals surface area contributed by atoms with E-state index in [1.807, 2.05) is 12.3 Å². The van der Waals surface area contributed by atoms with Crippen LogP contribution in [0.15, 0.2) is 17.3 Å². The van der Waals surface area contributed by atoms with Gasteiger partial charge in [0.1, 0.15) is 0 Å². The van der Waals surface area contributed by atoms with Gasteiger partial charge in [0, 0.05) is 19.2 Å². The summed E-state index contributed by atoms with van der Waals surface area (Å²) in [7, 11) is 0. The zero-order valence-electron chi connectivity index (χ0n) is 6.49. The number of nitrogens with zero attached hydrogens (tertiary/aromatic N) is 2. The van der Waals surface area contributed by atoms with E-state index in [1.165, 1.54) is 0 Å². The Morgan fingerprint density at radius 2 is 2.42 bits per heavy atom. The van der Waals surface area contributed by atoms with E-state index in [2.05, 4.69) is 10.3 Å². The van der Waals surface area contributed by atoms with Gasteiger partial charge in [0.15, 0.2) is 0 Å². The molecule has 0 aromatic carbocycles. The minimum atomic E-state index is 0. The first-order valence-electron chi connectivity index (χ1n) is 3.64. The molecular weight excluding hydrogens is 178 g/mol. The summed E-state index contributed by atoms with van der Waals surface area (Å²) in [5.74, 6) is 0.857. The average molecular weight is 188 g/mol. The zero-order chi connectivity index (χ0) is 7.68. The average Bonchev–Trinajstić information content (AvgIpc) is 2.06. The topological polar surface area (TPSA) is 44.7 Å². The number of carbonyl (C=O) groups is 1. The molecule has 0 saturated heterocycles. The lowest BCUT2D eigenvalue weighted by Crippen LogP contribution is -2.48. The van der Waals surface area contributed by atoms with Gasteiger partial charge >= 0.3 is 0 Å². The normalized spacial score (nSPS) is 20.5. The van der Waals surface area contributed by atoms with E-state index < -0.39 is 0 Å². The Morgan fingerprint density at radius 3 is 3.17 bits per heavy atom. The Morgan fingerprint density at radius 1 is 1.58 bits per heavy atom. The van der Waals surface area contributed by atoms with Crippen LogP contribution in [0.25, 0.3) is 0 Å². The Balaban J connectivity index is 0.000000720. The highest BCUT2D eigenvalue weighted by Gasteiger charge is 2.22. The van der Waals surface area contributed by atoms with Gasteiger partial charge in [0.25, 0.3) is 0 Å². The van der Waals surface area contributed by atoms with Gasteiger partial charge in [-0.05, 0) is 6.08 Å². The van der Waals surface area contributed by atoms with Gasteiger partial charge in [-0.1, -0.05) is 0 Å². The van der Waals surface area contributed by atoms with Crippen molar-refractivity contribution in [3.63, 3.8) is 0 Å². The van der Waals surface area contributed by atoms with Crippen molar-refractivity contribution in [2.24, 2.45) is 4.99 Å². The van der Waals surface area contributed by atoms with E-state index in [0.29, 0.717) is 25.5 Å². The molecule has 0 aromatic rings. The van der Waals surface area contributed by atoms with Gasteiger partial charge in [-0.3, -0.25) is 14.7 Å². The Hall–Kier alpha value is -1.03. The molecule has 0 aliphatic carbocycles. The number of guanidine groups is 1. The van der Waals surface area contributed by atoms with E-state index >= 15 is 0 Å². The van der Waals surface area contributed by atoms with Crippen molar-refractivity contribution < 1.29 is 4.79 Å². The van der Waals surface area contributed by atoms with Crippen molar-refractivity contribution in [3.05, 3.63) is 12.3 Å². The smallest absolute Gasteiger partial charge is 0.231 e. The predicted molar refractivity (Wildman–Crippen MR) is 48.2 cm³/mol. The first-order chi connectivity index (χ1) is 5.38. The SMILES string of the molecule is Cl.O=C1CCN=C2NC=CCN12. The van der Waals surface area contributed by atoms with Crippen molar-refractivity contribution >= 4 is 24.3 Å². The fraction of sp³-hybridized carbons (Fsp3) is 0.429. The summed E-state index contributed by atoms with van der Waals surface area (Å²) in [4.78, 5) is 17.0. The lowest BCUT2D eigenvalue weighted by atomic mass is 10.3. The van der Waals surface area contributed by atoms with E-state index in [-0.39, 0.29) is 18.3 Å². The van der Waals surface area contributed by atoms with Crippen LogP contribution < -0.4 is 5.32 Å². The molecule has 12 heavy (non-hydrogen) atoms. The van der Waals surface area contributed by atoms with Gasteiger partial charge in [-0.2, -0.15) is 0 Å². The second-order valence-corrected chi connectivity index (χ2v) is 2.51. The molecule has 2 aliphatic rings. The molecule has 0 saturated carbocycles. The quantitative estimate of drug-likeness (QED) is 0.585. The highest BCUT2D eigenvalue weighted by atomic mass is 35.5. The second kappa shape index (κ2) is 3.58. The van der Waals surface area contributed by atoms with Crippen LogP contribution in [-0.2, 0) is 4.79 Å². The van der Waals surface area contributed by atoms with Gasteiger partial charge in [0.05, 0.1) is 6.54 Å². The van der Waals surface area contributed by atoms with E-state index in [9.17, 15) is 4.79 Å². The summed E-state index contributed by atoms with van der Waals surface area (Å²) in [5, 5.41) is 2.93. The lowest BCUT2D eigenvalue weighted by molar-refractivity contribution is -0.127. The predicted octanol–water partition coefficient (Wildman–Crippen LogP) is 0.113. The molecule has 0 atom stereocenters. The van der Waals surface area contributed by atoms with Crippen LogP contribution in [0.1, 0.15) is 6.42 Å². The summed E-state index contributed by atoms with van der Waals surface area (Å²) in [6, 6.07) is 0. The van der Waals surface area contributed by atoms with Crippen molar-refractivity contribution in [2.75, 3.05) is 13.1 Å². The number of carbonyl (C=O) groups excluding carboxylic acids is 1. The second-order valence-electron chi connectivity index (χ2n) is 2.51. The summed E-state index contributed by atoms with van der Waals surface area (Å²) in [6.45, 7) is 1.27. The largest absolute Gasteiger partial charge is 0.333 e. The molecule has 2 heterocycles. The number of fused-ring (bicyclic) bond motifs is 1. The molecule has 1 N–H and O–H groups in total. The first kappa shape index (κ1) is 9.06. The molecular formula is C7H10ClN3O. The minimum Gasteiger partial charge on any atom is -0.333 e. The van der Waals surface area contributed by atoms with Crippen LogP contribution in [0, 0.1) is 0 Å². The summed E-state index contributed by atoms with van der Waals surface area (Å²) in [6.07, 6.45) is 4.26. The van der Waals surface area contributed by atoms with Gasteiger partial charge in [0.2, 0.25) is 11.9 Å². The number of nitrogens with one attached hydrogen (secondary N) is 1. The molecule has 4 nitrogen and oxygen atoms in total. The Bertz CT molecular complexity index is 249. The maximum Gasteiger partial charge on any atom is 0.231 e. The van der Waals surface area contributed by atoms with Crippen molar-refractivity contribution in [2.45, 2.75) is 6.42 Å². The molecule has 0 fully saturated rings. The van der Waals surface area contributed by atoms with Crippen molar-refractivity contribution in [3.8, 4) is 0 Å². The van der Waals surface area contributed by atoms with Crippen molar-refractivity contribution in [1.82, 2.24) is 10.2 Å². The Kier molecular flexibility index (Phi) is 2.70. The number of hydrogen-bond acceptors (Lipinski definition) is 3. The summed E-state index contributed by atoms with van der Waals surface area (Å²) < 4.78 is 0. The molecule has 1 amide bonds. The number of aliphatic imine (C=N–C) groups is 1. The van der Waals surface area contributed by atoms with Crippen LogP contribution >= 0.6 is 12.4 Å². The lowest BCUT2D eigenvalue weighted by Gasteiger charge is -2.28. The van der Waals surface area contributed by atoms with E-state index in [1.54, 1.807) is 4.90 Å². The maximum absolute atomic E-state index is 11.2. The highest BCUT2D eigenvalue weighted by Crippen LogP contribution is 2.05. The standard InChI is InChI=1S/C7H9N3O.ClH/c11-6-2-4-9-7-8-3-1-5-10(6)7;/h1,3H,2,4-5H2,(H,8,9);1H. The van der Waals surface area contributed by atoms with Crippen LogP contribution in [0.2, 0.25) is 0 Å². The van der Waals surface area contributed by atoms with E-state index in [0.717, 1.165) is 0 Å². The summed E-state index contributed by atoms with van der Waals surface area (Å²) >= 11 is 0. The van der Waals surface area contributed by atoms with Gasteiger partial charge in [-0.15, -0.1) is 12.4 Å². The fourth-order valence-corrected chi connectivity index (χ4v) is 1.20. The number of rotatable bonds is 0. The van der Waals surface area contributed by atoms with E-state index in [4.69, 9.17) is 0 Å². The highest BCUT2D eigenvalue weighted by molar-refractivity contribution is 5.99. The molecule has 2 rings (SSSR count). The summed E-state index contributed by atoms with van der Waals surface area (Å²) in [5.41, 5.74) is 0. The van der Waals surface area contributed by atoms with Crippen LogP contribution in [0.5, 0.6) is 0 Å². The molecule has 0 radical (unpaired) electrons. The number of amides is 1. The monoisotopic (exact) mass is 187 g/mol. The third-order valence-electron chi connectivity index (χ3n) is 1.76. The first-order valence-corrected chi connectivity index (χ1v) is 3.64. The zero-order valence-corrected chi connectivity index (χ0v) is 7.30. The van der Waals surface area contributed by atoms with Crippen LogP contribution in [-0.4, -0.2) is 29.9 Å². The minimum absolute atomic E-state index is 0. The van der Waals surface area contributed by atoms with Gasteiger partial charge < -0.3 is 5.32 Å². The van der Waals surface area contributed by atoms with Crippen LogP contribution in [0.3, 0.4) is 0 Å². The fourth-order valence-electron chi connectivity index (χ4n) is 1.20. The molecule has 0 unspecified atom stereocenters. The molecule has 2 aliphatic heterocycles. The third-order valence-corrected chi connectivity index (χ3v) is 1.76. The molecule has 0 aromatic heterocycles. The van der Waals surface area contributed by atoms with Crippen LogP contribution in [0.4, 0.5) is 0 Å². The molecule has 5 heteroatoms. The van der Waals surface area contributed by atoms with Crippen molar-refractivity contribution in [1.29, 1.82) is 0 Å². The van der Waals surface area contributed by atoms with Gasteiger partial charge in [-0.25, -0.2) is 0 Å². The molecule has 0 spiro atoms. The molecule has 0 bridgehead atoms. The maximum atomic E-state index is 11.2. The number of halogens is 1.